The van der Waals surface area contributed by atoms with Gasteiger partial charge >= 0.3 is 0 Å². The van der Waals surface area contributed by atoms with Crippen LogP contribution in [-0.2, 0) is 11.3 Å². The number of hydrogen-bond donors (Lipinski definition) is 3. The van der Waals surface area contributed by atoms with Crippen molar-refractivity contribution in [2.45, 2.75) is 30.4 Å². The molecule has 10 heteroatoms. The van der Waals surface area contributed by atoms with Gasteiger partial charge in [-0.05, 0) is 43.7 Å². The lowest BCUT2D eigenvalue weighted by atomic mass is 10.2. The van der Waals surface area contributed by atoms with Gasteiger partial charge in [-0.3, -0.25) is 13.9 Å². The number of carbonyl (C=O) groups excluding carboxylic acids is 1. The molecule has 3 rings (SSSR count). The van der Waals surface area contributed by atoms with Crippen molar-refractivity contribution in [3.05, 3.63) is 42.4 Å². The molecule has 0 atom stereocenters. The van der Waals surface area contributed by atoms with Crippen molar-refractivity contribution in [2.24, 2.45) is 0 Å². The first-order valence-electron chi connectivity index (χ1n) is 8.52. The Morgan fingerprint density at radius 1 is 1.36 bits per heavy atom. The molecule has 1 amide bonds. The van der Waals surface area contributed by atoms with Gasteiger partial charge in [-0.2, -0.15) is 10.6 Å². The second-order valence-corrected chi connectivity index (χ2v) is 9.29. The summed E-state index contributed by atoms with van der Waals surface area (Å²) in [6.45, 7) is 4.46. The zero-order valence-corrected chi connectivity index (χ0v) is 17.4. The van der Waals surface area contributed by atoms with E-state index in [1.807, 2.05) is 24.5 Å². The van der Waals surface area contributed by atoms with E-state index in [2.05, 4.69) is 15.5 Å². The van der Waals surface area contributed by atoms with Crippen LogP contribution in [0.3, 0.4) is 0 Å². The molecule has 0 bridgehead atoms. The minimum absolute atomic E-state index is 0. The molecule has 0 fully saturated rings. The Kier molecular flexibility index (Phi) is 6.14. The van der Waals surface area contributed by atoms with E-state index in [1.165, 1.54) is 18.0 Å². The number of benzene rings is 1. The fourth-order valence-electron chi connectivity index (χ4n) is 2.62. The molecule has 0 saturated carbocycles. The van der Waals surface area contributed by atoms with Crippen LogP contribution in [0.15, 0.2) is 51.3 Å². The number of rotatable bonds is 7. The lowest BCUT2D eigenvalue weighted by molar-refractivity contribution is -0.113. The summed E-state index contributed by atoms with van der Waals surface area (Å²) in [5.41, 5.74) is 2.23. The number of nitrogens with one attached hydrogen (secondary N) is 1. The third-order valence-electron chi connectivity index (χ3n) is 4.06. The summed E-state index contributed by atoms with van der Waals surface area (Å²) in [5.74, 6) is 0.692. The van der Waals surface area contributed by atoms with Crippen molar-refractivity contribution in [1.29, 1.82) is 0 Å². The highest BCUT2D eigenvalue weighted by molar-refractivity contribution is 8.23. The van der Waals surface area contributed by atoms with E-state index in [-0.39, 0.29) is 13.1 Å². The smallest absolute Gasteiger partial charge is 0.234 e. The Balaban J connectivity index is 0.00000300. The van der Waals surface area contributed by atoms with E-state index >= 15 is 0 Å². The molecule has 2 heterocycles. The van der Waals surface area contributed by atoms with Crippen LogP contribution in [0.5, 0.6) is 0 Å². The number of anilines is 1. The van der Waals surface area contributed by atoms with Crippen molar-refractivity contribution in [1.82, 2.24) is 14.8 Å². The van der Waals surface area contributed by atoms with Crippen LogP contribution in [0.25, 0.3) is 11.4 Å². The molecule has 0 aliphatic carbocycles. The van der Waals surface area contributed by atoms with E-state index < -0.39 is 10.6 Å². The van der Waals surface area contributed by atoms with Gasteiger partial charge < -0.3 is 14.3 Å². The molecule has 0 spiro atoms. The molecule has 0 saturated heterocycles. The maximum atomic E-state index is 12.4. The number of aryl methyl sites for hydroxylation is 1. The quantitative estimate of drug-likeness (QED) is 0.476. The van der Waals surface area contributed by atoms with Crippen molar-refractivity contribution in [2.75, 3.05) is 17.3 Å². The summed E-state index contributed by atoms with van der Waals surface area (Å²) in [6, 6.07) is 6.77. The fraction of sp³-hybridized carbons (Fsp3) is 0.278. The lowest BCUT2D eigenvalue weighted by Crippen LogP contribution is -2.15. The molecule has 0 aliphatic rings. The molecule has 8 nitrogen and oxygen atoms in total. The number of nitrogens with zero attached hydrogens (tertiary/aromatic N) is 3. The van der Waals surface area contributed by atoms with Crippen LogP contribution in [-0.4, -0.2) is 41.8 Å². The molecule has 0 unspecified atom stereocenters. The van der Waals surface area contributed by atoms with Gasteiger partial charge in [0.2, 0.25) is 5.91 Å². The maximum Gasteiger partial charge on any atom is 0.234 e. The predicted octanol–water partition coefficient (Wildman–Crippen LogP) is 4.58. The van der Waals surface area contributed by atoms with Crippen LogP contribution >= 0.6 is 22.4 Å². The van der Waals surface area contributed by atoms with Crippen molar-refractivity contribution in [3.8, 4) is 11.4 Å². The Labute approximate surface area is 170 Å². The highest BCUT2D eigenvalue weighted by Crippen LogP contribution is 2.44. The van der Waals surface area contributed by atoms with Crippen LogP contribution in [0.2, 0.25) is 0 Å². The number of carbonyl (C=O) groups is 1. The third kappa shape index (κ3) is 4.58. The molecular weight excluding hydrogens is 400 g/mol. The van der Waals surface area contributed by atoms with Crippen LogP contribution < -0.4 is 5.32 Å². The number of furan rings is 1. The van der Waals surface area contributed by atoms with E-state index in [1.54, 1.807) is 30.7 Å². The SMILES string of the molecule is CCn1c(SCC(=O)Nc2ccc(S(C)(O)O)cc2C)nnc1-c1ccoc1.[HH]. The van der Waals surface area contributed by atoms with Gasteiger partial charge in [0.1, 0.15) is 6.26 Å². The zero-order valence-electron chi connectivity index (χ0n) is 15.7. The number of aromatic nitrogens is 3. The largest absolute Gasteiger partial charge is 0.472 e. The topological polar surface area (TPSA) is 113 Å². The fourth-order valence-corrected chi connectivity index (χ4v) is 4.15. The van der Waals surface area contributed by atoms with Crippen molar-refractivity contribution < 1.29 is 19.7 Å². The first-order chi connectivity index (χ1) is 13.3. The van der Waals surface area contributed by atoms with Gasteiger partial charge in [0.15, 0.2) is 11.0 Å². The maximum absolute atomic E-state index is 12.4. The third-order valence-corrected chi connectivity index (χ3v) is 6.18. The zero-order chi connectivity index (χ0) is 20.3. The van der Waals surface area contributed by atoms with Crippen LogP contribution in [0, 0.1) is 6.92 Å². The Morgan fingerprint density at radius 2 is 2.14 bits per heavy atom. The molecule has 1 aromatic carbocycles. The van der Waals surface area contributed by atoms with Crippen LogP contribution in [0.4, 0.5) is 5.69 Å². The minimum atomic E-state index is -2.78. The summed E-state index contributed by atoms with van der Waals surface area (Å²) in [6.07, 6.45) is 4.56. The Bertz CT molecular complexity index is 971. The van der Waals surface area contributed by atoms with E-state index in [0.717, 1.165) is 11.1 Å². The molecule has 0 radical (unpaired) electrons. The summed E-state index contributed by atoms with van der Waals surface area (Å²) in [7, 11) is -2.78. The number of amides is 1. The van der Waals surface area contributed by atoms with Gasteiger partial charge in [0, 0.05) is 19.9 Å². The summed E-state index contributed by atoms with van der Waals surface area (Å²) < 4.78 is 26.5. The van der Waals surface area contributed by atoms with Gasteiger partial charge in [-0.1, -0.05) is 11.8 Å². The molecule has 152 valence electrons. The second kappa shape index (κ2) is 8.39. The van der Waals surface area contributed by atoms with E-state index in [9.17, 15) is 13.9 Å². The second-order valence-electron chi connectivity index (χ2n) is 6.21. The molecule has 3 N–H and O–H groups in total. The first-order valence-corrected chi connectivity index (χ1v) is 11.5. The summed E-state index contributed by atoms with van der Waals surface area (Å²) in [5, 5.41) is 11.9. The summed E-state index contributed by atoms with van der Waals surface area (Å²) in [4.78, 5) is 12.8. The normalized spacial score (nSPS) is 12.2. The average Bonchev–Trinajstić information content (AvgIpc) is 3.29. The molecular formula is C18H24N4O4S2. The number of thioether (sulfide) groups is 1. The molecule has 28 heavy (non-hydrogen) atoms. The minimum Gasteiger partial charge on any atom is -0.472 e. The molecule has 3 aromatic rings. The average molecular weight is 425 g/mol. The van der Waals surface area contributed by atoms with Crippen LogP contribution in [0.1, 0.15) is 13.9 Å². The number of hydrogen-bond acceptors (Lipinski definition) is 7. The predicted molar refractivity (Wildman–Crippen MR) is 113 cm³/mol. The van der Waals surface area contributed by atoms with Crippen molar-refractivity contribution in [3.63, 3.8) is 0 Å². The van der Waals surface area contributed by atoms with E-state index in [4.69, 9.17) is 4.42 Å². The van der Waals surface area contributed by atoms with Gasteiger partial charge in [0.05, 0.1) is 22.5 Å². The molecule has 2 aromatic heterocycles. The summed E-state index contributed by atoms with van der Waals surface area (Å²) >= 11 is 1.30. The monoisotopic (exact) mass is 424 g/mol. The van der Waals surface area contributed by atoms with E-state index in [0.29, 0.717) is 28.1 Å². The van der Waals surface area contributed by atoms with Crippen molar-refractivity contribution >= 4 is 33.9 Å². The molecule has 0 aliphatic heterocycles. The Morgan fingerprint density at radius 3 is 2.75 bits per heavy atom. The standard InChI is InChI=1S/C18H22N4O4S2.H2/c1-4-22-17(13-7-8-26-10-13)20-21-18(22)27-11-16(23)19-15-6-5-14(9-12(15)2)28(3,24)25;/h5-10,24-25H,4,11H2,1-3H3,(H,19,23);1H. The lowest BCUT2D eigenvalue weighted by Gasteiger charge is -2.27. The van der Waals surface area contributed by atoms with Gasteiger partial charge in [-0.25, -0.2) is 0 Å². The first kappa shape index (κ1) is 20.5. The van der Waals surface area contributed by atoms with Gasteiger partial charge in [0.25, 0.3) is 0 Å². The highest BCUT2D eigenvalue weighted by Gasteiger charge is 2.16. The van der Waals surface area contributed by atoms with Gasteiger partial charge in [-0.15, -0.1) is 10.2 Å². The highest BCUT2D eigenvalue weighted by atomic mass is 32.3. The Hall–Kier alpha value is -2.27.